The largest absolute Gasteiger partial charge is 0.385 e. The van der Waals surface area contributed by atoms with Gasteiger partial charge in [0.15, 0.2) is 0 Å². The monoisotopic (exact) mass is 610 g/mol. The first-order valence-electron chi connectivity index (χ1n) is 15.9. The van der Waals surface area contributed by atoms with Crippen LogP contribution in [-0.4, -0.2) is 81.7 Å². The van der Waals surface area contributed by atoms with Gasteiger partial charge in [-0.2, -0.15) is 5.10 Å². The molecule has 1 saturated heterocycles. The number of rotatable bonds is 10. The van der Waals surface area contributed by atoms with Crippen LogP contribution < -0.4 is 16.0 Å². The first-order valence-corrected chi connectivity index (χ1v) is 15.9. The number of hydrazone groups is 1. The normalized spacial score (nSPS) is 26.1. The highest BCUT2D eigenvalue weighted by Gasteiger charge is 2.46. The van der Waals surface area contributed by atoms with Gasteiger partial charge in [0.05, 0.1) is 35.0 Å². The van der Waals surface area contributed by atoms with Crippen molar-refractivity contribution in [3.63, 3.8) is 0 Å². The van der Waals surface area contributed by atoms with Crippen molar-refractivity contribution >= 4 is 46.9 Å². The topological polar surface area (TPSA) is 160 Å². The summed E-state index contributed by atoms with van der Waals surface area (Å²) in [7, 11) is 0. The molecular weight excluding hydrogens is 572 g/mol. The zero-order valence-electron chi connectivity index (χ0n) is 25.5. The van der Waals surface area contributed by atoms with E-state index >= 15 is 0 Å². The zero-order valence-corrected chi connectivity index (χ0v) is 25.5. The van der Waals surface area contributed by atoms with E-state index in [0.717, 1.165) is 66.3 Å². The number of hydrogen-bond acceptors (Lipinski definition) is 10. The molecule has 5 aliphatic rings. The molecule has 1 aromatic carbocycles. The molecule has 1 aromatic heterocycles. The van der Waals surface area contributed by atoms with Gasteiger partial charge in [-0.1, -0.05) is 0 Å². The maximum absolute atomic E-state index is 13.2. The summed E-state index contributed by atoms with van der Waals surface area (Å²) in [5, 5.41) is 24.7. The van der Waals surface area contributed by atoms with Gasteiger partial charge in [0, 0.05) is 54.4 Å². The van der Waals surface area contributed by atoms with Gasteiger partial charge in [-0.3, -0.25) is 39.4 Å². The van der Waals surface area contributed by atoms with Crippen molar-refractivity contribution in [1.82, 2.24) is 20.2 Å². The Labute approximate surface area is 261 Å². The van der Waals surface area contributed by atoms with Gasteiger partial charge >= 0.3 is 0 Å². The highest BCUT2D eigenvalue weighted by molar-refractivity contribution is 6.23. The summed E-state index contributed by atoms with van der Waals surface area (Å²) >= 11 is 0. The number of pyridine rings is 1. The van der Waals surface area contributed by atoms with Gasteiger partial charge in [-0.25, -0.2) is 0 Å². The second-order valence-electron chi connectivity index (χ2n) is 13.2. The van der Waals surface area contributed by atoms with E-state index in [1.807, 2.05) is 12.3 Å². The molecule has 234 valence electrons. The first kappa shape index (κ1) is 29.1. The number of anilines is 2. The van der Waals surface area contributed by atoms with Crippen molar-refractivity contribution in [3.05, 3.63) is 52.8 Å². The van der Waals surface area contributed by atoms with Gasteiger partial charge in [0.25, 0.3) is 11.8 Å². The standard InChI is InChI=1S/C33H38N8O4/c1-17(2)37-26-9-10-35-30(24(26)14-34)25-16-40(39-29(25)19-3-4-19)21-11-18(12-21)15-36-20-5-6-22-23(13-20)33(45)41(32(22)44)27-7-8-28(42)38-31(27)43/h5-6,9-10,13-14,17-19,21,25,27,34,36H,3-4,7-8,11-12,15-16H2,1-2H3,(H,35,37)(H,38,42,43)/t18-,21-,25?,27?. The fourth-order valence-electron chi connectivity index (χ4n) is 7.05. The van der Waals surface area contributed by atoms with E-state index in [9.17, 15) is 19.2 Å². The maximum atomic E-state index is 13.2. The van der Waals surface area contributed by atoms with Crippen LogP contribution in [0.25, 0.3) is 0 Å². The molecule has 0 radical (unpaired) electrons. The lowest BCUT2D eigenvalue weighted by Crippen LogP contribution is -2.54. The molecule has 2 aliphatic carbocycles. The van der Waals surface area contributed by atoms with Crippen LogP contribution >= 0.6 is 0 Å². The van der Waals surface area contributed by atoms with Crippen molar-refractivity contribution in [2.45, 2.75) is 76.4 Å². The number of carbonyl (C=O) groups excluding carboxylic acids is 4. The third-order valence-electron chi connectivity index (χ3n) is 9.57. The molecule has 12 heteroatoms. The van der Waals surface area contributed by atoms with Crippen molar-refractivity contribution in [1.29, 1.82) is 5.41 Å². The number of hydrogen-bond donors (Lipinski definition) is 4. The van der Waals surface area contributed by atoms with Crippen LogP contribution in [0.15, 0.2) is 35.6 Å². The molecule has 7 rings (SSSR count). The molecule has 2 aromatic rings. The van der Waals surface area contributed by atoms with Crippen LogP contribution in [0.5, 0.6) is 0 Å². The molecule has 4 amide bonds. The smallest absolute Gasteiger partial charge is 0.262 e. The number of benzene rings is 1. The minimum atomic E-state index is -0.972. The number of fused-ring (bicyclic) bond motifs is 1. The summed E-state index contributed by atoms with van der Waals surface area (Å²) < 4.78 is 0. The number of piperidine rings is 1. The Balaban J connectivity index is 0.971. The summed E-state index contributed by atoms with van der Waals surface area (Å²) in [6, 6.07) is 6.68. The third kappa shape index (κ3) is 5.36. The lowest BCUT2D eigenvalue weighted by Gasteiger charge is -2.40. The summed E-state index contributed by atoms with van der Waals surface area (Å²) in [6.07, 6.45) is 7.78. The van der Waals surface area contributed by atoms with E-state index in [-0.39, 0.29) is 35.9 Å². The predicted octanol–water partition coefficient (Wildman–Crippen LogP) is 3.36. The molecule has 12 nitrogen and oxygen atoms in total. The number of nitrogens with zero attached hydrogens (tertiary/aromatic N) is 4. The summed E-state index contributed by atoms with van der Waals surface area (Å²) in [6.45, 7) is 5.69. The Bertz CT molecular complexity index is 1630. The zero-order chi connectivity index (χ0) is 31.4. The second kappa shape index (κ2) is 11.4. The Kier molecular flexibility index (Phi) is 7.37. The summed E-state index contributed by atoms with van der Waals surface area (Å²) in [4.78, 5) is 55.8. The van der Waals surface area contributed by atoms with Crippen molar-refractivity contribution < 1.29 is 19.2 Å². The predicted molar refractivity (Wildman–Crippen MR) is 169 cm³/mol. The lowest BCUT2D eigenvalue weighted by atomic mass is 9.79. The molecule has 0 bridgehead atoms. The molecular formula is C33H38N8O4. The Morgan fingerprint density at radius 2 is 1.84 bits per heavy atom. The Morgan fingerprint density at radius 1 is 1.07 bits per heavy atom. The lowest BCUT2D eigenvalue weighted by molar-refractivity contribution is -0.136. The molecule has 2 atom stereocenters. The van der Waals surface area contributed by atoms with Gasteiger partial charge in [-0.05, 0) is 82.1 Å². The fraction of sp³-hybridized carbons (Fsp3) is 0.485. The molecule has 45 heavy (non-hydrogen) atoms. The van der Waals surface area contributed by atoms with Gasteiger partial charge < -0.3 is 16.0 Å². The second-order valence-corrected chi connectivity index (χ2v) is 13.2. The third-order valence-corrected chi connectivity index (χ3v) is 9.57. The van der Waals surface area contributed by atoms with E-state index in [4.69, 9.17) is 15.5 Å². The van der Waals surface area contributed by atoms with Gasteiger partial charge in [0.2, 0.25) is 11.8 Å². The van der Waals surface area contributed by atoms with Crippen LogP contribution in [0, 0.1) is 17.2 Å². The van der Waals surface area contributed by atoms with Crippen molar-refractivity contribution in [3.8, 4) is 0 Å². The first-order chi connectivity index (χ1) is 21.7. The van der Waals surface area contributed by atoms with Gasteiger partial charge in [0.1, 0.15) is 6.04 Å². The van der Waals surface area contributed by atoms with Crippen LogP contribution in [0.3, 0.4) is 0 Å². The molecule has 2 saturated carbocycles. The maximum Gasteiger partial charge on any atom is 0.262 e. The fourth-order valence-corrected chi connectivity index (χ4v) is 7.05. The van der Waals surface area contributed by atoms with Crippen molar-refractivity contribution in [2.24, 2.45) is 16.9 Å². The van der Waals surface area contributed by atoms with Crippen molar-refractivity contribution in [2.75, 3.05) is 23.7 Å². The molecule has 4 heterocycles. The molecule has 3 aliphatic heterocycles. The molecule has 2 unspecified atom stereocenters. The van der Waals surface area contributed by atoms with Crippen LogP contribution in [0.1, 0.15) is 90.3 Å². The van der Waals surface area contributed by atoms with E-state index < -0.39 is 29.7 Å². The number of aromatic nitrogens is 1. The van der Waals surface area contributed by atoms with Crippen LogP contribution in [0.2, 0.25) is 0 Å². The minimum absolute atomic E-state index is 0.0894. The average Bonchev–Trinajstić information content (AvgIpc) is 3.70. The SMILES string of the molecule is CC(C)Nc1ccnc(C2CN([C@H]3C[C@H](CNc4ccc5c(c4)C(=O)N(C4CCC(=O)NC4=O)C5=O)C3)N=C2C2CC2)c1C=N. The molecule has 0 spiro atoms. The van der Waals surface area contributed by atoms with Crippen LogP contribution in [-0.2, 0) is 9.59 Å². The van der Waals surface area contributed by atoms with E-state index in [0.29, 0.717) is 17.9 Å². The van der Waals surface area contributed by atoms with E-state index in [2.05, 4.69) is 34.8 Å². The number of imide groups is 2. The highest BCUT2D eigenvalue weighted by Crippen LogP contribution is 2.44. The van der Waals surface area contributed by atoms with Gasteiger partial charge in [-0.15, -0.1) is 0 Å². The van der Waals surface area contributed by atoms with E-state index in [1.54, 1.807) is 18.2 Å². The summed E-state index contributed by atoms with van der Waals surface area (Å²) in [5.41, 5.74) is 5.22. The average molecular weight is 611 g/mol. The quantitative estimate of drug-likeness (QED) is 0.235. The van der Waals surface area contributed by atoms with E-state index in [1.165, 1.54) is 11.9 Å². The minimum Gasteiger partial charge on any atom is -0.385 e. The summed E-state index contributed by atoms with van der Waals surface area (Å²) in [5.74, 6) is -0.982. The molecule has 3 fully saturated rings. The Morgan fingerprint density at radius 3 is 2.56 bits per heavy atom. The number of amides is 4. The highest BCUT2D eigenvalue weighted by atomic mass is 16.2. The Hall–Kier alpha value is -4.61. The van der Waals surface area contributed by atoms with Crippen LogP contribution in [0.4, 0.5) is 11.4 Å². The number of carbonyl (C=O) groups is 4. The number of nitrogens with one attached hydrogen (secondary N) is 4. The molecule has 4 N–H and O–H groups in total.